The molecule has 1 aromatic rings. The summed E-state index contributed by atoms with van der Waals surface area (Å²) in [6.45, 7) is 1.97. The van der Waals surface area contributed by atoms with E-state index in [9.17, 15) is 19.2 Å². The number of carbonyl (C=O) groups is 4. The molecule has 3 aliphatic carbocycles. The van der Waals surface area contributed by atoms with E-state index in [0.717, 1.165) is 19.3 Å². The number of amides is 4. The fraction of sp³-hybridized carbons (Fsp3) is 0.500. The monoisotopic (exact) mass is 404 g/mol. The third-order valence-electron chi connectivity index (χ3n) is 8.17. The van der Waals surface area contributed by atoms with Gasteiger partial charge < -0.3 is 0 Å². The Morgan fingerprint density at radius 3 is 1.77 bits per heavy atom. The van der Waals surface area contributed by atoms with Gasteiger partial charge >= 0.3 is 0 Å². The highest BCUT2D eigenvalue weighted by Gasteiger charge is 2.61. The van der Waals surface area contributed by atoms with Gasteiger partial charge in [-0.05, 0) is 67.7 Å². The van der Waals surface area contributed by atoms with Crippen LogP contribution in [-0.4, -0.2) is 23.6 Å². The largest absolute Gasteiger partial charge is 0.274 e. The molecule has 5 aliphatic rings. The average Bonchev–Trinajstić information content (AvgIpc) is 3.47. The lowest BCUT2D eigenvalue weighted by Crippen LogP contribution is -2.33. The van der Waals surface area contributed by atoms with Gasteiger partial charge in [-0.2, -0.15) is 0 Å². The number of fused-ring (bicyclic) bond motifs is 6. The predicted octanol–water partition coefficient (Wildman–Crippen LogP) is 2.92. The summed E-state index contributed by atoms with van der Waals surface area (Å²) in [5.41, 5.74) is 1.05. The first kappa shape index (κ1) is 18.0. The minimum atomic E-state index is -0.307. The smallest absolute Gasteiger partial charge is 0.238 e. The molecule has 4 amide bonds. The molecule has 0 radical (unpaired) electrons. The maximum absolute atomic E-state index is 13.0. The Kier molecular flexibility index (Phi) is 3.68. The van der Waals surface area contributed by atoms with Crippen LogP contribution in [0.25, 0.3) is 0 Å². The van der Waals surface area contributed by atoms with Crippen molar-refractivity contribution < 1.29 is 19.2 Å². The molecule has 0 spiro atoms. The van der Waals surface area contributed by atoms with Crippen LogP contribution in [0.3, 0.4) is 0 Å². The number of nitrogens with zero attached hydrogens (tertiary/aromatic N) is 2. The van der Waals surface area contributed by atoms with Crippen LogP contribution in [-0.2, 0) is 19.2 Å². The number of carbonyl (C=O) groups excluding carboxylic acids is 4. The molecule has 0 aromatic heterocycles. The maximum Gasteiger partial charge on any atom is 0.238 e. The number of benzene rings is 1. The number of imide groups is 2. The van der Waals surface area contributed by atoms with Gasteiger partial charge in [-0.3, -0.25) is 29.0 Å². The standard InChI is InChI=1S/C24H24N2O4/c1-12-3-2-4-17-18(12)22(28)25(21(17)27)15-7-9-16(10-8-15)26-23(29)19-13-5-6-14(11-13)20(19)24(26)30/h2-3,7-10,12-14,17-20H,4-6,11H2,1H3/t12-,13+,14+,17+,18-,19-,20-/m1/s1. The molecular weight excluding hydrogens is 380 g/mol. The normalized spacial score (nSPS) is 39.3. The molecule has 6 heteroatoms. The van der Waals surface area contributed by atoms with Gasteiger partial charge in [-0.25, -0.2) is 0 Å². The molecule has 0 N–H and O–H groups in total. The molecule has 2 bridgehead atoms. The van der Waals surface area contributed by atoms with Crippen LogP contribution in [0, 0.1) is 41.4 Å². The van der Waals surface area contributed by atoms with E-state index in [0.29, 0.717) is 29.6 Å². The highest BCUT2D eigenvalue weighted by molar-refractivity contribution is 6.24. The van der Waals surface area contributed by atoms with E-state index in [4.69, 9.17) is 0 Å². The summed E-state index contributed by atoms with van der Waals surface area (Å²) in [5.74, 6) is -0.661. The van der Waals surface area contributed by atoms with Gasteiger partial charge in [0, 0.05) is 0 Å². The zero-order valence-electron chi connectivity index (χ0n) is 16.9. The Morgan fingerprint density at radius 2 is 1.23 bits per heavy atom. The number of hydrogen-bond donors (Lipinski definition) is 0. The van der Waals surface area contributed by atoms with Crippen molar-refractivity contribution in [3.8, 4) is 0 Å². The first-order chi connectivity index (χ1) is 14.5. The van der Waals surface area contributed by atoms with Crippen molar-refractivity contribution >= 4 is 35.0 Å². The summed E-state index contributed by atoms with van der Waals surface area (Å²) in [6, 6.07) is 6.75. The van der Waals surface area contributed by atoms with Gasteiger partial charge in [0.1, 0.15) is 0 Å². The van der Waals surface area contributed by atoms with E-state index >= 15 is 0 Å². The van der Waals surface area contributed by atoms with Gasteiger partial charge in [-0.1, -0.05) is 19.1 Å². The van der Waals surface area contributed by atoms with E-state index in [1.54, 1.807) is 24.3 Å². The molecule has 7 atom stereocenters. The summed E-state index contributed by atoms with van der Waals surface area (Å²) in [7, 11) is 0. The molecule has 154 valence electrons. The lowest BCUT2D eigenvalue weighted by Gasteiger charge is -2.22. The second-order valence-corrected chi connectivity index (χ2v) is 9.58. The van der Waals surface area contributed by atoms with Gasteiger partial charge in [0.25, 0.3) is 0 Å². The van der Waals surface area contributed by atoms with E-state index in [1.807, 2.05) is 19.1 Å². The first-order valence-electron chi connectivity index (χ1n) is 11.0. The summed E-state index contributed by atoms with van der Waals surface area (Å²) < 4.78 is 0. The maximum atomic E-state index is 13.0. The van der Waals surface area contributed by atoms with Crippen LogP contribution in [0.4, 0.5) is 11.4 Å². The Hall–Kier alpha value is -2.76. The van der Waals surface area contributed by atoms with Crippen LogP contribution in [0.5, 0.6) is 0 Å². The van der Waals surface area contributed by atoms with Crippen LogP contribution in [0.2, 0.25) is 0 Å². The van der Waals surface area contributed by atoms with Crippen LogP contribution < -0.4 is 9.80 Å². The van der Waals surface area contributed by atoms with E-state index < -0.39 is 0 Å². The Balaban J connectivity index is 1.28. The van der Waals surface area contributed by atoms with Crippen molar-refractivity contribution in [1.82, 2.24) is 0 Å². The van der Waals surface area contributed by atoms with Crippen molar-refractivity contribution in [3.63, 3.8) is 0 Å². The zero-order chi connectivity index (χ0) is 20.7. The second-order valence-electron chi connectivity index (χ2n) is 9.58. The topological polar surface area (TPSA) is 74.8 Å². The second kappa shape index (κ2) is 6.13. The lowest BCUT2D eigenvalue weighted by molar-refractivity contribution is -0.124. The molecule has 6 rings (SSSR count). The number of anilines is 2. The van der Waals surface area contributed by atoms with E-state index in [2.05, 4.69) is 0 Å². The highest BCUT2D eigenvalue weighted by Crippen LogP contribution is 2.56. The van der Waals surface area contributed by atoms with Crippen molar-refractivity contribution in [2.45, 2.75) is 32.6 Å². The predicted molar refractivity (Wildman–Crippen MR) is 109 cm³/mol. The molecular formula is C24H24N2O4. The summed E-state index contributed by atoms with van der Waals surface area (Å²) >= 11 is 0. The van der Waals surface area contributed by atoms with Crippen LogP contribution in [0.1, 0.15) is 32.6 Å². The number of allylic oxidation sites excluding steroid dienone is 2. The van der Waals surface area contributed by atoms with Gasteiger partial charge in [0.15, 0.2) is 0 Å². The summed E-state index contributed by atoms with van der Waals surface area (Å²) in [4.78, 5) is 54.5. The average molecular weight is 404 g/mol. The Labute approximate surface area is 174 Å². The molecule has 6 nitrogen and oxygen atoms in total. The third kappa shape index (κ3) is 2.19. The van der Waals surface area contributed by atoms with Crippen LogP contribution in [0.15, 0.2) is 36.4 Å². The summed E-state index contributed by atoms with van der Waals surface area (Å²) in [6.07, 6.45) is 7.69. The third-order valence-corrected chi connectivity index (χ3v) is 8.17. The molecule has 2 saturated carbocycles. The molecule has 2 saturated heterocycles. The zero-order valence-corrected chi connectivity index (χ0v) is 16.9. The van der Waals surface area contributed by atoms with Gasteiger partial charge in [0.2, 0.25) is 23.6 Å². The van der Waals surface area contributed by atoms with Crippen molar-refractivity contribution in [2.24, 2.45) is 41.4 Å². The van der Waals surface area contributed by atoms with Crippen molar-refractivity contribution in [3.05, 3.63) is 36.4 Å². The van der Waals surface area contributed by atoms with Gasteiger partial charge in [0.05, 0.1) is 35.0 Å². The molecule has 2 aliphatic heterocycles. The van der Waals surface area contributed by atoms with Crippen molar-refractivity contribution in [2.75, 3.05) is 9.80 Å². The first-order valence-corrected chi connectivity index (χ1v) is 11.0. The molecule has 2 heterocycles. The van der Waals surface area contributed by atoms with Crippen LogP contribution >= 0.6 is 0 Å². The van der Waals surface area contributed by atoms with Crippen molar-refractivity contribution in [1.29, 1.82) is 0 Å². The number of hydrogen-bond acceptors (Lipinski definition) is 4. The fourth-order valence-electron chi connectivity index (χ4n) is 6.82. The Bertz CT molecular complexity index is 964. The van der Waals surface area contributed by atoms with Gasteiger partial charge in [-0.15, -0.1) is 0 Å². The fourth-order valence-corrected chi connectivity index (χ4v) is 6.82. The minimum Gasteiger partial charge on any atom is -0.274 e. The molecule has 0 unspecified atom stereocenters. The van der Waals surface area contributed by atoms with E-state index in [-0.39, 0.29) is 53.2 Å². The lowest BCUT2D eigenvalue weighted by atomic mass is 9.78. The minimum absolute atomic E-state index is 0.0408. The molecule has 30 heavy (non-hydrogen) atoms. The molecule has 1 aromatic carbocycles. The van der Waals surface area contributed by atoms with E-state index in [1.165, 1.54) is 9.80 Å². The molecule has 4 fully saturated rings. The SMILES string of the molecule is C[C@@H]1C=CC[C@@H]2C(=O)N(c3ccc(N4C(=O)[C@@H]5[C@H]6CC[C@@H](C6)[C@H]5C4=O)cc3)C(=O)[C@H]12. The Morgan fingerprint density at radius 1 is 0.733 bits per heavy atom. The highest BCUT2D eigenvalue weighted by atomic mass is 16.2. The number of rotatable bonds is 2. The quantitative estimate of drug-likeness (QED) is 0.561. The summed E-state index contributed by atoms with van der Waals surface area (Å²) in [5, 5.41) is 0.